The van der Waals surface area contributed by atoms with Gasteiger partial charge in [0.25, 0.3) is 5.09 Å². The number of aromatic amines is 1. The third-order valence-electron chi connectivity index (χ3n) is 5.68. The molecule has 2 aromatic carbocycles. The summed E-state index contributed by atoms with van der Waals surface area (Å²) >= 11 is 0. The molecule has 1 N–H and O–H groups in total. The first-order valence-corrected chi connectivity index (χ1v) is 12.6. The maximum atomic E-state index is 13.0. The molecule has 1 atom stereocenters. The van der Waals surface area contributed by atoms with Gasteiger partial charge in [0.2, 0.25) is 0 Å². The van der Waals surface area contributed by atoms with Crippen molar-refractivity contribution in [3.63, 3.8) is 0 Å². The minimum absolute atomic E-state index is 0.100. The molecule has 12 nitrogen and oxygen atoms in total. The lowest BCUT2D eigenvalue weighted by molar-refractivity contribution is -0.763. The second-order valence-electron chi connectivity index (χ2n) is 8.07. The van der Waals surface area contributed by atoms with E-state index < -0.39 is 21.9 Å². The van der Waals surface area contributed by atoms with Gasteiger partial charge < -0.3 is 24.0 Å². The van der Waals surface area contributed by atoms with Crippen LogP contribution in [0.3, 0.4) is 0 Å². The average Bonchev–Trinajstić information content (AvgIpc) is 3.35. The van der Waals surface area contributed by atoms with E-state index in [2.05, 4.69) is 19.8 Å². The number of carbonyl (C=O) groups is 1. The number of aromatic nitrogens is 3. The van der Waals surface area contributed by atoms with E-state index in [1.54, 1.807) is 44.4 Å². The van der Waals surface area contributed by atoms with Crippen LogP contribution in [0, 0.1) is 17.0 Å². The number of hydrogen-bond acceptors (Lipinski definition) is 10. The zero-order valence-electron chi connectivity index (χ0n) is 20.8. The van der Waals surface area contributed by atoms with E-state index in [0.717, 1.165) is 0 Å². The van der Waals surface area contributed by atoms with Crippen molar-refractivity contribution in [2.24, 2.45) is 0 Å². The van der Waals surface area contributed by atoms with Crippen molar-refractivity contribution < 1.29 is 33.1 Å². The predicted molar refractivity (Wildman–Crippen MR) is 136 cm³/mol. The summed E-state index contributed by atoms with van der Waals surface area (Å²) in [6.45, 7) is 1.47. The summed E-state index contributed by atoms with van der Waals surface area (Å²) in [6.07, 6.45) is 1.52. The van der Waals surface area contributed by atoms with Crippen LogP contribution in [0.15, 0.2) is 53.8 Å². The van der Waals surface area contributed by atoms with Gasteiger partial charge in [0.15, 0.2) is 5.16 Å². The number of fused-ring (bicyclic) bond motifs is 1. The summed E-state index contributed by atoms with van der Waals surface area (Å²) in [4.78, 5) is 39.0. The molecule has 0 saturated heterocycles. The average molecular weight is 541 g/mol. The Hall–Kier alpha value is -4.52. The number of hydrogen-bond donors (Lipinski definition) is 1. The highest BCUT2D eigenvalue weighted by Gasteiger charge is 2.19. The van der Waals surface area contributed by atoms with Gasteiger partial charge in [-0.1, -0.05) is 12.1 Å². The summed E-state index contributed by atoms with van der Waals surface area (Å²) < 4.78 is 29.2. The highest BCUT2D eigenvalue weighted by Crippen LogP contribution is 2.28. The molecule has 0 bridgehead atoms. The molecule has 0 amide bonds. The molecule has 198 valence electrons. The van der Waals surface area contributed by atoms with Crippen LogP contribution in [0.4, 0.5) is 0 Å². The molecule has 4 rings (SSSR count). The number of benzene rings is 2. The summed E-state index contributed by atoms with van der Waals surface area (Å²) in [7, 11) is 1.56. The fourth-order valence-corrected chi connectivity index (χ4v) is 4.80. The molecule has 0 radical (unpaired) electrons. The first-order chi connectivity index (χ1) is 18.3. The Bertz CT molecular complexity index is 1500. The van der Waals surface area contributed by atoms with Crippen LogP contribution in [0.1, 0.15) is 32.7 Å². The number of nitrogens with one attached hydrogen (secondary N) is 1. The third-order valence-corrected chi connectivity index (χ3v) is 6.84. The Labute approximate surface area is 219 Å². The summed E-state index contributed by atoms with van der Waals surface area (Å²) in [5.74, 6) is 0.655. The van der Waals surface area contributed by atoms with Crippen LogP contribution in [-0.2, 0) is 39.3 Å². The summed E-state index contributed by atoms with van der Waals surface area (Å²) in [5.41, 5.74) is 3.96. The highest BCUT2D eigenvalue weighted by molar-refractivity contribution is 7.84. The zero-order valence-corrected chi connectivity index (χ0v) is 21.6. The van der Waals surface area contributed by atoms with E-state index in [-0.39, 0.29) is 24.5 Å². The first-order valence-electron chi connectivity index (χ1n) is 11.3. The third kappa shape index (κ3) is 6.06. The molecule has 38 heavy (non-hydrogen) atoms. The highest BCUT2D eigenvalue weighted by atomic mass is 32.2. The maximum Gasteiger partial charge on any atom is 0.338 e. The molecule has 0 fully saturated rings. The van der Waals surface area contributed by atoms with Crippen LogP contribution in [0.5, 0.6) is 11.5 Å². The number of esters is 1. The molecular formula is C25H24N4O8S. The van der Waals surface area contributed by atoms with E-state index in [1.807, 2.05) is 0 Å². The lowest BCUT2D eigenvalue weighted by atomic mass is 10.1. The van der Waals surface area contributed by atoms with Gasteiger partial charge in [-0.15, -0.1) is 10.1 Å². The van der Waals surface area contributed by atoms with E-state index >= 15 is 0 Å². The van der Waals surface area contributed by atoms with E-state index in [9.17, 15) is 19.1 Å². The Morgan fingerprint density at radius 1 is 1.11 bits per heavy atom. The molecule has 0 aliphatic carbocycles. The minimum Gasteiger partial charge on any atom is -0.497 e. The molecule has 2 aromatic heterocycles. The van der Waals surface area contributed by atoms with Crippen molar-refractivity contribution in [2.45, 2.75) is 31.0 Å². The predicted octanol–water partition coefficient (Wildman–Crippen LogP) is 3.66. The van der Waals surface area contributed by atoms with E-state index in [4.69, 9.17) is 14.2 Å². The largest absolute Gasteiger partial charge is 0.497 e. The van der Waals surface area contributed by atoms with Gasteiger partial charge >= 0.3 is 5.97 Å². The number of carbonyl (C=O) groups excluding carboxylic acids is 1. The van der Waals surface area contributed by atoms with E-state index in [1.165, 1.54) is 25.4 Å². The Morgan fingerprint density at radius 3 is 2.55 bits per heavy atom. The normalized spacial score (nSPS) is 11.7. The Balaban J connectivity index is 1.43. The number of nitrogens with zero attached hydrogens (tertiary/aromatic N) is 3. The van der Waals surface area contributed by atoms with Gasteiger partial charge in [0.1, 0.15) is 24.7 Å². The quantitative estimate of drug-likeness (QED) is 0.169. The number of rotatable bonds is 11. The lowest BCUT2D eigenvalue weighted by Gasteiger charge is -2.14. The monoisotopic (exact) mass is 540 g/mol. The van der Waals surface area contributed by atoms with Crippen LogP contribution in [0.25, 0.3) is 11.0 Å². The number of pyridine rings is 1. The second kappa shape index (κ2) is 11.7. The van der Waals surface area contributed by atoms with Crippen LogP contribution < -0.4 is 9.47 Å². The number of methoxy groups -OCH3 is 2. The number of imidazole rings is 1. The van der Waals surface area contributed by atoms with Crippen molar-refractivity contribution in [1.82, 2.24) is 15.0 Å². The molecule has 0 saturated carbocycles. The molecular weight excluding hydrogens is 516 g/mol. The number of ether oxygens (including phenoxy) is 3. The van der Waals surface area contributed by atoms with Crippen LogP contribution >= 0.6 is 0 Å². The molecule has 4 aromatic rings. The molecule has 13 heteroatoms. The van der Waals surface area contributed by atoms with Crippen molar-refractivity contribution >= 4 is 27.8 Å². The summed E-state index contributed by atoms with van der Waals surface area (Å²) in [6, 6.07) is 11.4. The molecule has 0 aliphatic heterocycles. The fourth-order valence-electron chi connectivity index (χ4n) is 3.70. The van der Waals surface area contributed by atoms with Crippen LogP contribution in [0.2, 0.25) is 0 Å². The van der Waals surface area contributed by atoms with E-state index in [0.29, 0.717) is 50.1 Å². The molecule has 0 aliphatic rings. The van der Waals surface area contributed by atoms with Gasteiger partial charge in [-0.2, -0.15) is 0 Å². The zero-order chi connectivity index (χ0) is 27.2. The van der Waals surface area contributed by atoms with Gasteiger partial charge in [-0.05, 0) is 36.8 Å². The van der Waals surface area contributed by atoms with Gasteiger partial charge in [-0.3, -0.25) is 9.19 Å². The topological polar surface area (TPSA) is 156 Å². The lowest BCUT2D eigenvalue weighted by Crippen LogP contribution is -2.09. The van der Waals surface area contributed by atoms with Crippen LogP contribution in [-0.4, -0.2) is 44.4 Å². The van der Waals surface area contributed by atoms with Gasteiger partial charge in [-0.25, -0.2) is 9.78 Å². The van der Waals surface area contributed by atoms with Gasteiger partial charge in [0, 0.05) is 17.8 Å². The standard InChI is InChI=1S/C25H24N4O8S/c1-15-22(14-38(33)25-27-20-9-8-19(34-2)10-21(20)28-25)26-11-18(23(15)35-3)13-36-24(30)17-6-4-16(5-7-17)12-37-29(31)32/h4-11H,12-14H2,1-3H3,(H,27,28). The molecule has 2 heterocycles. The van der Waals surface area contributed by atoms with Crippen molar-refractivity contribution in [2.75, 3.05) is 14.2 Å². The fraction of sp³-hybridized carbons (Fsp3) is 0.240. The molecule has 1 unspecified atom stereocenters. The Morgan fingerprint density at radius 2 is 1.87 bits per heavy atom. The van der Waals surface area contributed by atoms with Gasteiger partial charge in [0.05, 0.1) is 58.6 Å². The maximum absolute atomic E-state index is 13.0. The van der Waals surface area contributed by atoms with Crippen molar-refractivity contribution in [3.8, 4) is 11.5 Å². The Kier molecular flexibility index (Phi) is 8.16. The second-order valence-corrected chi connectivity index (χ2v) is 9.44. The SMILES string of the molecule is COc1ccc2nc(S(=O)Cc3ncc(COC(=O)c4ccc(CO[N+](=O)[O-])cc4)c(OC)c3C)[nH]c2c1. The smallest absolute Gasteiger partial charge is 0.338 e. The minimum atomic E-state index is -1.50. The van der Waals surface area contributed by atoms with Crippen molar-refractivity contribution in [3.05, 3.63) is 86.7 Å². The number of H-pyrrole nitrogens is 1. The molecule has 0 spiro atoms. The first kappa shape index (κ1) is 26.5. The summed E-state index contributed by atoms with van der Waals surface area (Å²) in [5, 5.41) is 9.74. The van der Waals surface area contributed by atoms with Crippen molar-refractivity contribution in [1.29, 1.82) is 0 Å².